The van der Waals surface area contributed by atoms with E-state index in [9.17, 15) is 0 Å². The van der Waals surface area contributed by atoms with E-state index in [2.05, 4.69) is 25.6 Å². The molecule has 2 heterocycles. The van der Waals surface area contributed by atoms with Crippen LogP contribution in [0.3, 0.4) is 0 Å². The molecule has 3 rings (SSSR count). The number of anilines is 3. The average molecular weight is 372 g/mol. The number of ether oxygens (including phenoxy) is 2. The largest absolute Gasteiger partial charge is 0.495 e. The fourth-order valence-corrected chi connectivity index (χ4v) is 2.52. The highest BCUT2D eigenvalue weighted by Gasteiger charge is 2.11. The molecular weight excluding hydrogens is 354 g/mol. The Hall–Kier alpha value is -3.06. The molecule has 8 heteroatoms. The SMILES string of the molecule is COc1cc(Nc2nccc(NCc3cccnc3)n2)c(OC)cc1Cl. The van der Waals surface area contributed by atoms with E-state index in [0.717, 1.165) is 5.56 Å². The van der Waals surface area contributed by atoms with Crippen LogP contribution in [0.2, 0.25) is 5.02 Å². The molecule has 0 aliphatic heterocycles. The Balaban J connectivity index is 1.76. The van der Waals surface area contributed by atoms with Crippen molar-refractivity contribution in [3.8, 4) is 11.5 Å². The second-order valence-corrected chi connectivity index (χ2v) is 5.70. The van der Waals surface area contributed by atoms with Gasteiger partial charge in [-0.05, 0) is 17.7 Å². The summed E-state index contributed by atoms with van der Waals surface area (Å²) in [5, 5.41) is 6.83. The third-order valence-electron chi connectivity index (χ3n) is 3.57. The van der Waals surface area contributed by atoms with Crippen LogP contribution >= 0.6 is 11.6 Å². The maximum atomic E-state index is 6.13. The lowest BCUT2D eigenvalue weighted by molar-refractivity contribution is 0.405. The molecule has 7 nitrogen and oxygen atoms in total. The van der Waals surface area contributed by atoms with Gasteiger partial charge in [0.05, 0.1) is 24.9 Å². The Morgan fingerprint density at radius 2 is 1.92 bits per heavy atom. The quantitative estimate of drug-likeness (QED) is 0.651. The third-order valence-corrected chi connectivity index (χ3v) is 3.87. The molecule has 1 aromatic carbocycles. The first-order valence-electron chi connectivity index (χ1n) is 7.84. The van der Waals surface area contributed by atoms with Crippen molar-refractivity contribution in [2.45, 2.75) is 6.54 Å². The lowest BCUT2D eigenvalue weighted by Gasteiger charge is -2.13. The van der Waals surface area contributed by atoms with E-state index in [1.54, 1.807) is 51.0 Å². The van der Waals surface area contributed by atoms with Gasteiger partial charge < -0.3 is 20.1 Å². The zero-order chi connectivity index (χ0) is 18.4. The number of hydrogen-bond acceptors (Lipinski definition) is 7. The van der Waals surface area contributed by atoms with Crippen LogP contribution in [0.25, 0.3) is 0 Å². The van der Waals surface area contributed by atoms with E-state index in [1.807, 2.05) is 12.1 Å². The van der Waals surface area contributed by atoms with Gasteiger partial charge in [0.15, 0.2) is 0 Å². The summed E-state index contributed by atoms with van der Waals surface area (Å²) in [5.41, 5.74) is 1.71. The number of benzene rings is 1. The molecule has 2 N–H and O–H groups in total. The molecule has 0 fully saturated rings. The molecule has 26 heavy (non-hydrogen) atoms. The molecule has 134 valence electrons. The standard InChI is InChI=1S/C18H18ClN5O2/c1-25-15-9-14(16(26-2)8-13(15)19)23-18-21-7-5-17(24-18)22-11-12-4-3-6-20-10-12/h3-10H,11H2,1-2H3,(H2,21,22,23,24). The van der Waals surface area contributed by atoms with Gasteiger partial charge in [-0.15, -0.1) is 0 Å². The van der Waals surface area contributed by atoms with Gasteiger partial charge in [0, 0.05) is 37.3 Å². The number of nitrogens with one attached hydrogen (secondary N) is 2. The molecule has 0 amide bonds. The third kappa shape index (κ3) is 4.31. The van der Waals surface area contributed by atoms with Crippen molar-refractivity contribution in [2.75, 3.05) is 24.9 Å². The molecule has 0 radical (unpaired) electrons. The summed E-state index contributed by atoms with van der Waals surface area (Å²) in [4.78, 5) is 12.8. The van der Waals surface area contributed by atoms with Crippen LogP contribution in [-0.2, 0) is 6.54 Å². The van der Waals surface area contributed by atoms with Gasteiger partial charge in [-0.1, -0.05) is 17.7 Å². The van der Waals surface area contributed by atoms with Crippen molar-refractivity contribution in [2.24, 2.45) is 0 Å². The minimum atomic E-state index is 0.420. The van der Waals surface area contributed by atoms with Gasteiger partial charge in [0.25, 0.3) is 0 Å². The number of aromatic nitrogens is 3. The monoisotopic (exact) mass is 371 g/mol. The van der Waals surface area contributed by atoms with E-state index in [1.165, 1.54) is 0 Å². The zero-order valence-corrected chi connectivity index (χ0v) is 15.1. The molecular formula is C18H18ClN5O2. The van der Waals surface area contributed by atoms with Gasteiger partial charge in [0.1, 0.15) is 17.3 Å². The summed E-state index contributed by atoms with van der Waals surface area (Å²) in [6.45, 7) is 0.613. The van der Waals surface area contributed by atoms with Crippen molar-refractivity contribution in [3.63, 3.8) is 0 Å². The fraction of sp³-hybridized carbons (Fsp3) is 0.167. The summed E-state index contributed by atoms with van der Waals surface area (Å²) in [6, 6.07) is 9.09. The molecule has 0 atom stereocenters. The maximum Gasteiger partial charge on any atom is 0.229 e. The minimum absolute atomic E-state index is 0.420. The molecule has 0 spiro atoms. The summed E-state index contributed by atoms with van der Waals surface area (Å²) in [6.07, 6.45) is 5.21. The summed E-state index contributed by atoms with van der Waals surface area (Å²) < 4.78 is 10.6. The van der Waals surface area contributed by atoms with E-state index in [0.29, 0.717) is 40.5 Å². The highest BCUT2D eigenvalue weighted by atomic mass is 35.5. The predicted octanol–water partition coefficient (Wildman–Crippen LogP) is 3.90. The Labute approximate surface area is 156 Å². The second-order valence-electron chi connectivity index (χ2n) is 5.29. The smallest absolute Gasteiger partial charge is 0.229 e. The molecule has 2 aromatic heterocycles. The number of hydrogen-bond donors (Lipinski definition) is 2. The summed E-state index contributed by atoms with van der Waals surface area (Å²) in [5.74, 6) is 2.20. The number of nitrogens with zero attached hydrogens (tertiary/aromatic N) is 3. The predicted molar refractivity (Wildman–Crippen MR) is 101 cm³/mol. The summed E-state index contributed by atoms with van der Waals surface area (Å²) >= 11 is 6.13. The van der Waals surface area contributed by atoms with Gasteiger partial charge in [-0.3, -0.25) is 4.98 Å². The Kier molecular flexibility index (Phi) is 5.70. The molecule has 0 aliphatic carbocycles. The average Bonchev–Trinajstić information content (AvgIpc) is 2.68. The van der Waals surface area contributed by atoms with Crippen molar-refractivity contribution >= 4 is 29.1 Å². The Bertz CT molecular complexity index is 877. The Morgan fingerprint density at radius 1 is 1.08 bits per heavy atom. The highest BCUT2D eigenvalue weighted by molar-refractivity contribution is 6.32. The lowest BCUT2D eigenvalue weighted by Crippen LogP contribution is -2.05. The minimum Gasteiger partial charge on any atom is -0.495 e. The molecule has 0 saturated carbocycles. The van der Waals surface area contributed by atoms with E-state index in [4.69, 9.17) is 21.1 Å². The van der Waals surface area contributed by atoms with Crippen LogP contribution in [0.15, 0.2) is 48.9 Å². The van der Waals surface area contributed by atoms with Crippen molar-refractivity contribution in [1.29, 1.82) is 0 Å². The normalized spacial score (nSPS) is 10.3. The first-order chi connectivity index (χ1) is 12.7. The van der Waals surface area contributed by atoms with Crippen LogP contribution in [0, 0.1) is 0 Å². The molecule has 3 aromatic rings. The molecule has 0 aliphatic rings. The first kappa shape index (κ1) is 17.8. The van der Waals surface area contributed by atoms with Gasteiger partial charge >= 0.3 is 0 Å². The van der Waals surface area contributed by atoms with Crippen LogP contribution in [0.4, 0.5) is 17.5 Å². The molecule has 0 saturated heterocycles. The van der Waals surface area contributed by atoms with E-state index >= 15 is 0 Å². The Morgan fingerprint density at radius 3 is 2.65 bits per heavy atom. The first-order valence-corrected chi connectivity index (χ1v) is 8.21. The van der Waals surface area contributed by atoms with Crippen molar-refractivity contribution in [1.82, 2.24) is 15.0 Å². The summed E-state index contributed by atoms with van der Waals surface area (Å²) in [7, 11) is 3.12. The van der Waals surface area contributed by atoms with Crippen LogP contribution in [0.5, 0.6) is 11.5 Å². The number of methoxy groups -OCH3 is 2. The number of halogens is 1. The number of rotatable bonds is 7. The molecule has 0 unspecified atom stereocenters. The lowest BCUT2D eigenvalue weighted by atomic mass is 10.2. The van der Waals surface area contributed by atoms with Gasteiger partial charge in [-0.2, -0.15) is 4.98 Å². The second kappa shape index (κ2) is 8.35. The van der Waals surface area contributed by atoms with E-state index < -0.39 is 0 Å². The topological polar surface area (TPSA) is 81.2 Å². The van der Waals surface area contributed by atoms with Crippen LogP contribution in [0.1, 0.15) is 5.56 Å². The zero-order valence-electron chi connectivity index (χ0n) is 14.4. The van der Waals surface area contributed by atoms with Crippen LogP contribution in [-0.4, -0.2) is 29.2 Å². The maximum absolute atomic E-state index is 6.13. The van der Waals surface area contributed by atoms with Gasteiger partial charge in [-0.25, -0.2) is 4.98 Å². The van der Waals surface area contributed by atoms with Crippen LogP contribution < -0.4 is 20.1 Å². The van der Waals surface area contributed by atoms with Crippen molar-refractivity contribution in [3.05, 3.63) is 59.5 Å². The van der Waals surface area contributed by atoms with E-state index in [-0.39, 0.29) is 0 Å². The van der Waals surface area contributed by atoms with Crippen molar-refractivity contribution < 1.29 is 9.47 Å². The highest BCUT2D eigenvalue weighted by Crippen LogP contribution is 2.36. The number of pyridine rings is 1. The van der Waals surface area contributed by atoms with Gasteiger partial charge in [0.2, 0.25) is 5.95 Å². The molecule has 0 bridgehead atoms. The fourth-order valence-electron chi connectivity index (χ4n) is 2.29.